The molecule has 1 atom stereocenters. The number of carbonyl (C=O) groups is 1. The van der Waals surface area contributed by atoms with Crippen molar-refractivity contribution in [2.24, 2.45) is 11.7 Å². The van der Waals surface area contributed by atoms with Crippen LogP contribution in [0, 0.1) is 5.92 Å². The van der Waals surface area contributed by atoms with E-state index in [0.29, 0.717) is 36.7 Å². The molecule has 0 unspecified atom stereocenters. The highest BCUT2D eigenvalue weighted by Gasteiger charge is 2.26. The Morgan fingerprint density at radius 2 is 2.09 bits per heavy atom. The van der Waals surface area contributed by atoms with Crippen LogP contribution >= 0.6 is 0 Å². The van der Waals surface area contributed by atoms with Crippen LogP contribution in [0.1, 0.15) is 33.1 Å². The first-order valence-electron chi connectivity index (χ1n) is 7.96. The topological polar surface area (TPSA) is 92.5 Å². The first-order chi connectivity index (χ1) is 10.8. The third kappa shape index (κ3) is 4.68. The molecule has 23 heavy (non-hydrogen) atoms. The number of benzene rings is 1. The van der Waals surface area contributed by atoms with E-state index in [1.165, 1.54) is 4.31 Å². The molecular weight excluding hydrogens is 314 g/mol. The fraction of sp³-hybridized carbons (Fsp3) is 0.562. The number of carbonyl (C=O) groups excluding carboxylic acids is 1. The quantitative estimate of drug-likeness (QED) is 0.857. The second-order valence-corrected chi connectivity index (χ2v) is 8.38. The Hall–Kier alpha value is -1.60. The highest BCUT2D eigenvalue weighted by Crippen LogP contribution is 2.26. The van der Waals surface area contributed by atoms with Crippen LogP contribution in [0.25, 0.3) is 0 Å². The summed E-state index contributed by atoms with van der Waals surface area (Å²) in [7, 11) is -3.26. The average molecular weight is 339 g/mol. The SMILES string of the molecule is CC(C)C[C@H](N)C(=O)Nc1cccc(N2CCCCS2(=O)=O)c1. The number of nitrogens with one attached hydrogen (secondary N) is 1. The maximum absolute atomic E-state index is 12.2. The van der Waals surface area contributed by atoms with Crippen LogP contribution in [0.15, 0.2) is 24.3 Å². The Kier molecular flexibility index (Phi) is 5.64. The van der Waals surface area contributed by atoms with Crippen molar-refractivity contribution < 1.29 is 13.2 Å². The van der Waals surface area contributed by atoms with Crippen molar-refractivity contribution >= 4 is 27.3 Å². The second kappa shape index (κ2) is 7.31. The minimum Gasteiger partial charge on any atom is -0.325 e. The molecule has 6 nitrogen and oxygen atoms in total. The number of hydrogen-bond acceptors (Lipinski definition) is 4. The van der Waals surface area contributed by atoms with E-state index in [1.54, 1.807) is 24.3 Å². The molecule has 0 aromatic heterocycles. The maximum atomic E-state index is 12.2. The molecule has 1 aromatic carbocycles. The molecule has 7 heteroatoms. The molecule has 2 rings (SSSR count). The summed E-state index contributed by atoms with van der Waals surface area (Å²) in [6.07, 6.45) is 2.14. The van der Waals surface area contributed by atoms with Crippen LogP contribution < -0.4 is 15.4 Å². The van der Waals surface area contributed by atoms with Gasteiger partial charge in [0.25, 0.3) is 0 Å². The van der Waals surface area contributed by atoms with Gasteiger partial charge in [-0.1, -0.05) is 19.9 Å². The fourth-order valence-electron chi connectivity index (χ4n) is 2.67. The van der Waals surface area contributed by atoms with Crippen molar-refractivity contribution in [3.05, 3.63) is 24.3 Å². The van der Waals surface area contributed by atoms with Crippen molar-refractivity contribution in [3.8, 4) is 0 Å². The van der Waals surface area contributed by atoms with E-state index in [2.05, 4.69) is 5.32 Å². The first kappa shape index (κ1) is 17.7. The van der Waals surface area contributed by atoms with E-state index in [9.17, 15) is 13.2 Å². The standard InChI is InChI=1S/C16H25N3O3S/c1-12(2)10-15(17)16(20)18-13-6-5-7-14(11-13)19-8-3-4-9-23(19,21)22/h5-7,11-12,15H,3-4,8-10,17H2,1-2H3,(H,18,20)/t15-/m0/s1. The number of sulfonamides is 1. The minimum absolute atomic E-state index is 0.169. The number of rotatable bonds is 5. The molecule has 0 spiro atoms. The van der Waals surface area contributed by atoms with Gasteiger partial charge in [-0.25, -0.2) is 8.42 Å². The lowest BCUT2D eigenvalue weighted by molar-refractivity contribution is -0.117. The van der Waals surface area contributed by atoms with Gasteiger partial charge in [0.05, 0.1) is 17.5 Å². The van der Waals surface area contributed by atoms with Crippen molar-refractivity contribution in [2.45, 2.75) is 39.2 Å². The molecule has 3 N–H and O–H groups in total. The van der Waals surface area contributed by atoms with Gasteiger partial charge in [0, 0.05) is 12.2 Å². The molecule has 0 saturated carbocycles. The molecule has 1 aliphatic heterocycles. The van der Waals surface area contributed by atoms with E-state index < -0.39 is 16.1 Å². The summed E-state index contributed by atoms with van der Waals surface area (Å²) < 4.78 is 25.7. The number of amides is 1. The van der Waals surface area contributed by atoms with E-state index in [0.717, 1.165) is 6.42 Å². The van der Waals surface area contributed by atoms with Crippen LogP contribution in [0.5, 0.6) is 0 Å². The zero-order chi connectivity index (χ0) is 17.0. The van der Waals surface area contributed by atoms with Crippen LogP contribution in [0.3, 0.4) is 0 Å². The highest BCUT2D eigenvalue weighted by atomic mass is 32.2. The summed E-state index contributed by atoms with van der Waals surface area (Å²) in [6, 6.07) is 6.33. The Labute approximate surface area is 138 Å². The summed E-state index contributed by atoms with van der Waals surface area (Å²) in [5, 5.41) is 2.77. The summed E-state index contributed by atoms with van der Waals surface area (Å²) in [4.78, 5) is 12.1. The van der Waals surface area contributed by atoms with E-state index in [4.69, 9.17) is 5.73 Å². The largest absolute Gasteiger partial charge is 0.325 e. The number of nitrogens with zero attached hydrogens (tertiary/aromatic N) is 1. The van der Waals surface area contributed by atoms with E-state index >= 15 is 0 Å². The molecule has 0 radical (unpaired) electrons. The molecule has 0 bridgehead atoms. The Morgan fingerprint density at radius 1 is 1.35 bits per heavy atom. The fourth-order valence-corrected chi connectivity index (χ4v) is 4.30. The lowest BCUT2D eigenvalue weighted by Gasteiger charge is -2.28. The Balaban J connectivity index is 2.12. The van der Waals surface area contributed by atoms with Gasteiger partial charge in [0.1, 0.15) is 0 Å². The molecule has 1 saturated heterocycles. The molecular formula is C16H25N3O3S. The molecule has 128 valence electrons. The summed E-state index contributed by atoms with van der Waals surface area (Å²) >= 11 is 0. The zero-order valence-corrected chi connectivity index (χ0v) is 14.5. The van der Waals surface area contributed by atoms with Crippen LogP contribution in [0.4, 0.5) is 11.4 Å². The Bertz CT molecular complexity index is 658. The molecule has 1 aromatic rings. The number of anilines is 2. The summed E-state index contributed by atoms with van der Waals surface area (Å²) in [5.41, 5.74) is 7.02. The van der Waals surface area contributed by atoms with Gasteiger partial charge in [-0.05, 0) is 43.4 Å². The molecule has 0 aliphatic carbocycles. The predicted molar refractivity (Wildman–Crippen MR) is 92.9 cm³/mol. The van der Waals surface area contributed by atoms with Crippen LogP contribution in [-0.4, -0.2) is 32.7 Å². The van der Waals surface area contributed by atoms with Gasteiger partial charge in [-0.3, -0.25) is 9.10 Å². The van der Waals surface area contributed by atoms with Gasteiger partial charge in [0.2, 0.25) is 15.9 Å². The summed E-state index contributed by atoms with van der Waals surface area (Å²) in [5.74, 6) is 0.251. The maximum Gasteiger partial charge on any atom is 0.241 e. The van der Waals surface area contributed by atoms with Gasteiger partial charge in [0.15, 0.2) is 0 Å². The third-order valence-corrected chi connectivity index (χ3v) is 5.68. The predicted octanol–water partition coefficient (Wildman–Crippen LogP) is 1.93. The third-order valence-electron chi connectivity index (χ3n) is 3.81. The Morgan fingerprint density at radius 3 is 2.74 bits per heavy atom. The second-order valence-electron chi connectivity index (χ2n) is 6.37. The van der Waals surface area contributed by atoms with Gasteiger partial charge in [-0.2, -0.15) is 0 Å². The monoisotopic (exact) mass is 339 g/mol. The molecule has 1 heterocycles. The van der Waals surface area contributed by atoms with E-state index in [-0.39, 0.29) is 11.7 Å². The van der Waals surface area contributed by atoms with E-state index in [1.807, 2.05) is 13.8 Å². The normalized spacial score (nSPS) is 18.7. The van der Waals surface area contributed by atoms with Crippen molar-refractivity contribution in [3.63, 3.8) is 0 Å². The lowest BCUT2D eigenvalue weighted by atomic mass is 10.0. The van der Waals surface area contributed by atoms with Crippen molar-refractivity contribution in [1.82, 2.24) is 0 Å². The van der Waals surface area contributed by atoms with Gasteiger partial charge in [-0.15, -0.1) is 0 Å². The zero-order valence-electron chi connectivity index (χ0n) is 13.7. The highest BCUT2D eigenvalue weighted by molar-refractivity contribution is 7.92. The molecule has 1 aliphatic rings. The van der Waals surface area contributed by atoms with Gasteiger partial charge >= 0.3 is 0 Å². The van der Waals surface area contributed by atoms with Crippen LogP contribution in [-0.2, 0) is 14.8 Å². The smallest absolute Gasteiger partial charge is 0.241 e. The summed E-state index contributed by atoms with van der Waals surface area (Å²) in [6.45, 7) is 4.50. The number of hydrogen-bond donors (Lipinski definition) is 2. The minimum atomic E-state index is -3.26. The van der Waals surface area contributed by atoms with Crippen molar-refractivity contribution in [2.75, 3.05) is 21.9 Å². The van der Waals surface area contributed by atoms with Crippen LogP contribution in [0.2, 0.25) is 0 Å². The molecule has 1 fully saturated rings. The van der Waals surface area contributed by atoms with Gasteiger partial charge < -0.3 is 11.1 Å². The van der Waals surface area contributed by atoms with Crippen molar-refractivity contribution in [1.29, 1.82) is 0 Å². The lowest BCUT2D eigenvalue weighted by Crippen LogP contribution is -2.38. The number of nitrogens with two attached hydrogens (primary N) is 1. The molecule has 1 amide bonds. The first-order valence-corrected chi connectivity index (χ1v) is 9.57. The average Bonchev–Trinajstić information content (AvgIpc) is 2.46.